The summed E-state index contributed by atoms with van der Waals surface area (Å²) in [4.78, 5) is 11.8. The van der Waals surface area contributed by atoms with Crippen molar-refractivity contribution in [1.82, 2.24) is 14.8 Å². The fourth-order valence-corrected chi connectivity index (χ4v) is 1.97. The van der Waals surface area contributed by atoms with E-state index < -0.39 is 0 Å². The smallest absolute Gasteiger partial charge is 0.277 e. The Hall–Kier alpha value is -1.56. The number of Topliss-reactive ketones (excluding diaryl/α,β-unsaturated/α-hetero) is 1. The zero-order valence-electron chi connectivity index (χ0n) is 9.01. The van der Waals surface area contributed by atoms with Gasteiger partial charge in [-0.25, -0.2) is 0 Å². The molecule has 0 radical (unpaired) electrons. The maximum atomic E-state index is 11.8. The topological polar surface area (TPSA) is 60.9 Å². The second kappa shape index (κ2) is 4.52. The van der Waals surface area contributed by atoms with E-state index in [1.165, 1.54) is 11.8 Å². The van der Waals surface area contributed by atoms with E-state index in [-0.39, 0.29) is 5.78 Å². The molecule has 0 bridgehead atoms. The molecule has 2 aromatic rings. The van der Waals surface area contributed by atoms with E-state index in [1.54, 1.807) is 17.6 Å². The molecule has 16 heavy (non-hydrogen) atoms. The molecule has 0 spiro atoms. The third kappa shape index (κ3) is 2.33. The van der Waals surface area contributed by atoms with Crippen LogP contribution >= 0.6 is 11.8 Å². The Bertz CT molecular complexity index is 504. The summed E-state index contributed by atoms with van der Waals surface area (Å²) in [5, 5.41) is 7.93. The molecule has 0 aliphatic carbocycles. The first-order chi connectivity index (χ1) is 7.66. The Kier molecular flexibility index (Phi) is 3.09. The van der Waals surface area contributed by atoms with E-state index in [1.807, 2.05) is 19.3 Å². The predicted octanol–water partition coefficient (Wildman–Crippen LogP) is 1.69. The van der Waals surface area contributed by atoms with Crippen LogP contribution < -0.4 is 0 Å². The molecule has 2 heterocycles. The summed E-state index contributed by atoms with van der Waals surface area (Å²) in [6.07, 6.45) is 1.84. The van der Waals surface area contributed by atoms with Gasteiger partial charge in [0.1, 0.15) is 0 Å². The van der Waals surface area contributed by atoms with Crippen molar-refractivity contribution in [3.05, 3.63) is 29.9 Å². The molecule has 0 amide bonds. The lowest BCUT2D eigenvalue weighted by atomic mass is 10.3. The van der Waals surface area contributed by atoms with Crippen LogP contribution in [-0.4, -0.2) is 26.3 Å². The monoisotopic (exact) mass is 237 g/mol. The van der Waals surface area contributed by atoms with Gasteiger partial charge in [0.2, 0.25) is 5.89 Å². The van der Waals surface area contributed by atoms with Crippen LogP contribution in [0.1, 0.15) is 16.4 Å². The molecule has 0 saturated heterocycles. The highest BCUT2D eigenvalue weighted by molar-refractivity contribution is 7.99. The van der Waals surface area contributed by atoms with Crippen molar-refractivity contribution in [3.8, 4) is 0 Å². The SMILES string of the molecule is Cc1nnc(SCC(=O)c2cccn2C)o1. The second-order valence-corrected chi connectivity index (χ2v) is 4.23. The van der Waals surface area contributed by atoms with Gasteiger partial charge in [0.05, 0.1) is 11.4 Å². The molecule has 0 saturated carbocycles. The van der Waals surface area contributed by atoms with Crippen molar-refractivity contribution in [1.29, 1.82) is 0 Å². The number of carbonyl (C=O) groups is 1. The fourth-order valence-electron chi connectivity index (χ4n) is 1.29. The Morgan fingerprint density at radius 3 is 2.94 bits per heavy atom. The standard InChI is InChI=1S/C10H11N3O2S/c1-7-11-12-10(15-7)16-6-9(14)8-4-3-5-13(8)2/h3-5H,6H2,1-2H3. The molecular formula is C10H11N3O2S. The van der Waals surface area contributed by atoms with Gasteiger partial charge in [-0.15, -0.1) is 10.2 Å². The Labute approximate surface area is 96.9 Å². The lowest BCUT2D eigenvalue weighted by Gasteiger charge is -2.00. The normalized spacial score (nSPS) is 10.6. The van der Waals surface area contributed by atoms with E-state index in [0.717, 1.165) is 0 Å². The maximum absolute atomic E-state index is 11.8. The van der Waals surface area contributed by atoms with Gasteiger partial charge in [-0.1, -0.05) is 11.8 Å². The quantitative estimate of drug-likeness (QED) is 0.598. The Balaban J connectivity index is 1.96. The molecule has 0 aliphatic heterocycles. The summed E-state index contributed by atoms with van der Waals surface area (Å²) in [7, 11) is 1.84. The average Bonchev–Trinajstić information content (AvgIpc) is 2.84. The molecular weight excluding hydrogens is 226 g/mol. The summed E-state index contributed by atoms with van der Waals surface area (Å²) in [6, 6.07) is 3.64. The summed E-state index contributed by atoms with van der Waals surface area (Å²) in [6.45, 7) is 1.72. The third-order valence-electron chi connectivity index (χ3n) is 2.06. The van der Waals surface area contributed by atoms with Crippen LogP contribution in [0.5, 0.6) is 0 Å². The molecule has 2 aromatic heterocycles. The zero-order chi connectivity index (χ0) is 11.5. The highest BCUT2D eigenvalue weighted by atomic mass is 32.2. The molecule has 0 N–H and O–H groups in total. The number of aromatic nitrogens is 3. The number of ketones is 1. The van der Waals surface area contributed by atoms with Crippen molar-refractivity contribution in [2.24, 2.45) is 7.05 Å². The molecule has 5 nitrogen and oxygen atoms in total. The Morgan fingerprint density at radius 2 is 2.38 bits per heavy atom. The number of thioether (sulfide) groups is 1. The van der Waals surface area contributed by atoms with Gasteiger partial charge in [-0.3, -0.25) is 4.79 Å². The molecule has 0 aliphatic rings. The van der Waals surface area contributed by atoms with Gasteiger partial charge in [-0.05, 0) is 12.1 Å². The lowest BCUT2D eigenvalue weighted by Crippen LogP contribution is -2.07. The lowest BCUT2D eigenvalue weighted by molar-refractivity contribution is 0.101. The molecule has 2 rings (SSSR count). The summed E-state index contributed by atoms with van der Waals surface area (Å²) < 4.78 is 6.96. The van der Waals surface area contributed by atoms with Gasteiger partial charge >= 0.3 is 0 Å². The maximum Gasteiger partial charge on any atom is 0.277 e. The van der Waals surface area contributed by atoms with Crippen LogP contribution in [0.3, 0.4) is 0 Å². The minimum atomic E-state index is 0.0494. The van der Waals surface area contributed by atoms with Crippen molar-refractivity contribution in [2.75, 3.05) is 5.75 Å². The minimum absolute atomic E-state index is 0.0494. The van der Waals surface area contributed by atoms with Crippen LogP contribution in [0.4, 0.5) is 0 Å². The fraction of sp³-hybridized carbons (Fsp3) is 0.300. The van der Waals surface area contributed by atoms with E-state index >= 15 is 0 Å². The van der Waals surface area contributed by atoms with Gasteiger partial charge in [0.25, 0.3) is 5.22 Å². The number of hydrogen-bond donors (Lipinski definition) is 0. The first kappa shape index (κ1) is 10.9. The van der Waals surface area contributed by atoms with E-state index in [9.17, 15) is 4.79 Å². The first-order valence-corrected chi connectivity index (χ1v) is 5.73. The largest absolute Gasteiger partial charge is 0.416 e. The van der Waals surface area contributed by atoms with E-state index in [4.69, 9.17) is 4.42 Å². The van der Waals surface area contributed by atoms with Crippen LogP contribution in [0.15, 0.2) is 28.0 Å². The van der Waals surface area contributed by atoms with Crippen LogP contribution in [0.2, 0.25) is 0 Å². The van der Waals surface area contributed by atoms with Crippen molar-refractivity contribution < 1.29 is 9.21 Å². The second-order valence-electron chi connectivity index (χ2n) is 3.30. The van der Waals surface area contributed by atoms with Gasteiger partial charge < -0.3 is 8.98 Å². The summed E-state index contributed by atoms with van der Waals surface area (Å²) in [5.74, 6) is 0.863. The van der Waals surface area contributed by atoms with Crippen molar-refractivity contribution in [2.45, 2.75) is 12.1 Å². The highest BCUT2D eigenvalue weighted by Crippen LogP contribution is 2.17. The highest BCUT2D eigenvalue weighted by Gasteiger charge is 2.11. The van der Waals surface area contributed by atoms with Crippen LogP contribution in [-0.2, 0) is 7.05 Å². The van der Waals surface area contributed by atoms with Gasteiger partial charge in [-0.2, -0.15) is 0 Å². The molecule has 0 fully saturated rings. The molecule has 0 aromatic carbocycles. The van der Waals surface area contributed by atoms with Gasteiger partial charge in [0, 0.05) is 20.2 Å². The third-order valence-corrected chi connectivity index (χ3v) is 2.88. The number of nitrogens with zero attached hydrogens (tertiary/aromatic N) is 3. The number of aryl methyl sites for hydroxylation is 2. The summed E-state index contributed by atoms with van der Waals surface area (Å²) >= 11 is 1.25. The van der Waals surface area contributed by atoms with E-state index in [2.05, 4.69) is 10.2 Å². The van der Waals surface area contributed by atoms with E-state index in [0.29, 0.717) is 22.6 Å². The first-order valence-electron chi connectivity index (χ1n) is 4.74. The predicted molar refractivity (Wildman–Crippen MR) is 59.5 cm³/mol. The zero-order valence-corrected chi connectivity index (χ0v) is 9.82. The Morgan fingerprint density at radius 1 is 1.56 bits per heavy atom. The van der Waals surface area contributed by atoms with Crippen molar-refractivity contribution >= 4 is 17.5 Å². The molecule has 0 unspecified atom stereocenters. The van der Waals surface area contributed by atoms with Crippen LogP contribution in [0, 0.1) is 6.92 Å². The summed E-state index contributed by atoms with van der Waals surface area (Å²) in [5.41, 5.74) is 0.684. The van der Waals surface area contributed by atoms with Crippen molar-refractivity contribution in [3.63, 3.8) is 0 Å². The number of carbonyl (C=O) groups excluding carboxylic acids is 1. The molecule has 0 atom stereocenters. The average molecular weight is 237 g/mol. The number of rotatable bonds is 4. The molecule has 6 heteroatoms. The molecule has 84 valence electrons. The number of hydrogen-bond acceptors (Lipinski definition) is 5. The van der Waals surface area contributed by atoms with Crippen LogP contribution in [0.25, 0.3) is 0 Å². The minimum Gasteiger partial charge on any atom is -0.416 e. The van der Waals surface area contributed by atoms with Gasteiger partial charge in [0.15, 0.2) is 5.78 Å².